The topological polar surface area (TPSA) is 77.3 Å². The molecule has 0 radical (unpaired) electrons. The number of nitrogens with zero attached hydrogens (tertiary/aromatic N) is 2. The van der Waals surface area contributed by atoms with Gasteiger partial charge in [0.15, 0.2) is 0 Å². The van der Waals surface area contributed by atoms with Crippen LogP contribution in [0, 0.1) is 6.92 Å². The van der Waals surface area contributed by atoms with Gasteiger partial charge in [0.1, 0.15) is 5.75 Å². The Hall–Kier alpha value is -3.15. The SMILES string of the molecule is COc1cccc(-c2nnc(NC(=O)Cc3ccc(C)cc3)o2)c1. The number of anilines is 1. The molecule has 0 aliphatic heterocycles. The summed E-state index contributed by atoms with van der Waals surface area (Å²) < 4.78 is 10.6. The number of ether oxygens (including phenoxy) is 1. The average molecular weight is 323 g/mol. The lowest BCUT2D eigenvalue weighted by atomic mass is 10.1. The normalized spacial score (nSPS) is 10.4. The molecule has 6 heteroatoms. The fraction of sp³-hybridized carbons (Fsp3) is 0.167. The van der Waals surface area contributed by atoms with Crippen LogP contribution in [0.3, 0.4) is 0 Å². The summed E-state index contributed by atoms with van der Waals surface area (Å²) in [6.07, 6.45) is 0.247. The van der Waals surface area contributed by atoms with Gasteiger partial charge in [-0.1, -0.05) is 41.0 Å². The Bertz CT molecular complexity index is 841. The zero-order valence-electron chi connectivity index (χ0n) is 13.4. The third-order valence-corrected chi connectivity index (χ3v) is 3.47. The van der Waals surface area contributed by atoms with Crippen molar-refractivity contribution < 1.29 is 13.9 Å². The molecule has 24 heavy (non-hydrogen) atoms. The van der Waals surface area contributed by atoms with E-state index in [4.69, 9.17) is 9.15 Å². The predicted octanol–water partition coefficient (Wildman–Crippen LogP) is 3.23. The summed E-state index contributed by atoms with van der Waals surface area (Å²) >= 11 is 0. The Morgan fingerprint density at radius 2 is 1.96 bits per heavy atom. The monoisotopic (exact) mass is 323 g/mol. The number of aromatic nitrogens is 2. The summed E-state index contributed by atoms with van der Waals surface area (Å²) in [6.45, 7) is 2.00. The van der Waals surface area contributed by atoms with Crippen molar-refractivity contribution in [1.29, 1.82) is 0 Å². The van der Waals surface area contributed by atoms with Crippen LogP contribution in [0.1, 0.15) is 11.1 Å². The number of amides is 1. The molecule has 0 saturated heterocycles. The summed E-state index contributed by atoms with van der Waals surface area (Å²) in [5.41, 5.74) is 2.80. The van der Waals surface area contributed by atoms with Crippen LogP contribution in [-0.4, -0.2) is 23.2 Å². The van der Waals surface area contributed by atoms with Crippen molar-refractivity contribution in [2.24, 2.45) is 0 Å². The molecule has 3 aromatic rings. The number of methoxy groups -OCH3 is 1. The number of hydrogen-bond donors (Lipinski definition) is 1. The Balaban J connectivity index is 1.67. The molecule has 0 spiro atoms. The molecule has 1 heterocycles. The summed E-state index contributed by atoms with van der Waals surface area (Å²) in [7, 11) is 1.59. The molecule has 122 valence electrons. The van der Waals surface area contributed by atoms with Gasteiger partial charge in [-0.05, 0) is 30.7 Å². The van der Waals surface area contributed by atoms with E-state index in [0.29, 0.717) is 11.6 Å². The van der Waals surface area contributed by atoms with Crippen LogP contribution in [0.5, 0.6) is 5.75 Å². The number of carbonyl (C=O) groups is 1. The van der Waals surface area contributed by atoms with Crippen LogP contribution < -0.4 is 10.1 Å². The third kappa shape index (κ3) is 3.78. The van der Waals surface area contributed by atoms with Crippen molar-refractivity contribution in [3.63, 3.8) is 0 Å². The number of carbonyl (C=O) groups excluding carboxylic acids is 1. The van der Waals surface area contributed by atoms with Crippen molar-refractivity contribution in [3.8, 4) is 17.2 Å². The average Bonchev–Trinajstić information content (AvgIpc) is 3.05. The molecule has 0 bridgehead atoms. The molecular weight excluding hydrogens is 306 g/mol. The first-order valence-electron chi connectivity index (χ1n) is 7.47. The number of rotatable bonds is 5. The Labute approximate surface area is 139 Å². The van der Waals surface area contributed by atoms with Gasteiger partial charge in [-0.3, -0.25) is 10.1 Å². The van der Waals surface area contributed by atoms with Crippen molar-refractivity contribution in [1.82, 2.24) is 10.2 Å². The van der Waals surface area contributed by atoms with E-state index in [9.17, 15) is 4.79 Å². The highest BCUT2D eigenvalue weighted by Gasteiger charge is 2.12. The zero-order valence-corrected chi connectivity index (χ0v) is 13.4. The highest BCUT2D eigenvalue weighted by Crippen LogP contribution is 2.23. The molecule has 0 saturated carbocycles. The Morgan fingerprint density at radius 3 is 2.71 bits per heavy atom. The van der Waals surface area contributed by atoms with Crippen LogP contribution >= 0.6 is 0 Å². The number of hydrogen-bond acceptors (Lipinski definition) is 5. The minimum Gasteiger partial charge on any atom is -0.497 e. The molecule has 1 aromatic heterocycles. The number of nitrogens with one attached hydrogen (secondary N) is 1. The second-order valence-electron chi connectivity index (χ2n) is 5.35. The van der Waals surface area contributed by atoms with E-state index in [-0.39, 0.29) is 18.3 Å². The quantitative estimate of drug-likeness (QED) is 0.780. The lowest BCUT2D eigenvalue weighted by Crippen LogP contribution is -2.14. The summed E-state index contributed by atoms with van der Waals surface area (Å²) in [5, 5.41) is 10.4. The maximum Gasteiger partial charge on any atom is 0.322 e. The van der Waals surface area contributed by atoms with Gasteiger partial charge in [0.2, 0.25) is 11.8 Å². The summed E-state index contributed by atoms with van der Waals surface area (Å²) in [4.78, 5) is 12.1. The maximum absolute atomic E-state index is 12.1. The van der Waals surface area contributed by atoms with Crippen LogP contribution in [0.2, 0.25) is 0 Å². The van der Waals surface area contributed by atoms with Crippen LogP contribution in [-0.2, 0) is 11.2 Å². The maximum atomic E-state index is 12.1. The molecule has 0 aliphatic carbocycles. The largest absolute Gasteiger partial charge is 0.497 e. The van der Waals surface area contributed by atoms with Gasteiger partial charge in [-0.25, -0.2) is 0 Å². The first kappa shape index (κ1) is 15.7. The first-order valence-corrected chi connectivity index (χ1v) is 7.47. The molecule has 2 aromatic carbocycles. The van der Waals surface area contributed by atoms with Gasteiger partial charge in [0.25, 0.3) is 0 Å². The molecule has 0 unspecified atom stereocenters. The summed E-state index contributed by atoms with van der Waals surface area (Å²) in [6, 6.07) is 15.1. The van der Waals surface area contributed by atoms with E-state index in [1.165, 1.54) is 0 Å². The minimum atomic E-state index is -0.209. The molecule has 0 aliphatic rings. The Morgan fingerprint density at radius 1 is 1.17 bits per heavy atom. The van der Waals surface area contributed by atoms with E-state index in [1.807, 2.05) is 49.4 Å². The lowest BCUT2D eigenvalue weighted by Gasteiger charge is -2.02. The fourth-order valence-corrected chi connectivity index (χ4v) is 2.20. The molecule has 0 fully saturated rings. The smallest absolute Gasteiger partial charge is 0.322 e. The fourth-order valence-electron chi connectivity index (χ4n) is 2.20. The van der Waals surface area contributed by atoms with Crippen molar-refractivity contribution in [3.05, 3.63) is 59.7 Å². The van der Waals surface area contributed by atoms with Crippen LogP contribution in [0.15, 0.2) is 52.9 Å². The van der Waals surface area contributed by atoms with E-state index < -0.39 is 0 Å². The Kier molecular flexibility index (Phi) is 4.56. The lowest BCUT2D eigenvalue weighted by molar-refractivity contribution is -0.115. The zero-order chi connectivity index (χ0) is 16.9. The first-order chi connectivity index (χ1) is 11.6. The minimum absolute atomic E-state index is 0.0740. The highest BCUT2D eigenvalue weighted by molar-refractivity contribution is 5.90. The van der Waals surface area contributed by atoms with Crippen molar-refractivity contribution >= 4 is 11.9 Å². The van der Waals surface area contributed by atoms with E-state index >= 15 is 0 Å². The van der Waals surface area contributed by atoms with Gasteiger partial charge >= 0.3 is 6.01 Å². The van der Waals surface area contributed by atoms with E-state index in [2.05, 4.69) is 15.5 Å². The van der Waals surface area contributed by atoms with Crippen molar-refractivity contribution in [2.45, 2.75) is 13.3 Å². The van der Waals surface area contributed by atoms with Gasteiger partial charge in [0.05, 0.1) is 13.5 Å². The number of aryl methyl sites for hydroxylation is 1. The van der Waals surface area contributed by atoms with Gasteiger partial charge < -0.3 is 9.15 Å². The van der Waals surface area contributed by atoms with Gasteiger partial charge in [-0.15, -0.1) is 5.10 Å². The number of benzene rings is 2. The standard InChI is InChI=1S/C18H17N3O3/c1-12-6-8-13(9-7-12)10-16(22)19-18-21-20-17(24-18)14-4-3-5-15(11-14)23-2/h3-9,11H,10H2,1-2H3,(H,19,21,22). The van der Waals surface area contributed by atoms with Crippen molar-refractivity contribution in [2.75, 3.05) is 12.4 Å². The highest BCUT2D eigenvalue weighted by atomic mass is 16.5. The van der Waals surface area contributed by atoms with Crippen LogP contribution in [0.25, 0.3) is 11.5 Å². The van der Waals surface area contributed by atoms with Gasteiger partial charge in [0, 0.05) is 5.56 Å². The van der Waals surface area contributed by atoms with Crippen LogP contribution in [0.4, 0.5) is 6.01 Å². The molecule has 1 amide bonds. The van der Waals surface area contributed by atoms with E-state index in [1.54, 1.807) is 13.2 Å². The second kappa shape index (κ2) is 6.95. The molecule has 0 atom stereocenters. The molecule has 1 N–H and O–H groups in total. The predicted molar refractivity (Wildman–Crippen MR) is 89.8 cm³/mol. The molecule has 3 rings (SSSR count). The van der Waals surface area contributed by atoms with Gasteiger partial charge in [-0.2, -0.15) is 0 Å². The second-order valence-corrected chi connectivity index (χ2v) is 5.35. The third-order valence-electron chi connectivity index (χ3n) is 3.47. The van der Waals surface area contributed by atoms with E-state index in [0.717, 1.165) is 16.7 Å². The molecule has 6 nitrogen and oxygen atoms in total. The summed E-state index contributed by atoms with van der Waals surface area (Å²) in [5.74, 6) is 0.801. The molecular formula is C18H17N3O3.